The van der Waals surface area contributed by atoms with E-state index in [0.717, 1.165) is 31.3 Å². The van der Waals surface area contributed by atoms with Crippen LogP contribution >= 0.6 is 0 Å². The second-order valence-electron chi connectivity index (χ2n) is 5.18. The van der Waals surface area contributed by atoms with Gasteiger partial charge in [-0.2, -0.15) is 13.2 Å². The Hall–Kier alpha value is -2.64. The number of hydrogen-bond acceptors (Lipinski definition) is 4. The maximum atomic E-state index is 13.0. The first-order chi connectivity index (χ1) is 10.9. The molecule has 2 aromatic rings. The smallest absolute Gasteiger partial charge is 0.417 e. The van der Waals surface area contributed by atoms with Crippen LogP contribution in [0, 0.1) is 5.92 Å². The van der Waals surface area contributed by atoms with E-state index >= 15 is 0 Å². The molecule has 3 rings (SSSR count). The summed E-state index contributed by atoms with van der Waals surface area (Å²) < 4.78 is 43.9. The van der Waals surface area contributed by atoms with Gasteiger partial charge < -0.3 is 9.73 Å². The molecule has 120 valence electrons. The van der Waals surface area contributed by atoms with Gasteiger partial charge in [0.25, 0.3) is 0 Å². The zero-order chi connectivity index (χ0) is 16.6. The summed E-state index contributed by atoms with van der Waals surface area (Å²) in [6, 6.07) is 3.24. The van der Waals surface area contributed by atoms with Crippen LogP contribution in [0.4, 0.5) is 18.9 Å². The van der Waals surface area contributed by atoms with Crippen molar-refractivity contribution in [2.24, 2.45) is 5.92 Å². The molecule has 1 saturated carbocycles. The molecule has 0 saturated heterocycles. The number of carbonyl (C=O) groups is 1. The highest BCUT2D eigenvalue weighted by Gasteiger charge is 2.34. The molecule has 23 heavy (non-hydrogen) atoms. The van der Waals surface area contributed by atoms with Gasteiger partial charge in [-0.1, -0.05) is 0 Å². The van der Waals surface area contributed by atoms with Gasteiger partial charge in [-0.3, -0.25) is 9.78 Å². The van der Waals surface area contributed by atoms with Gasteiger partial charge in [0.2, 0.25) is 5.91 Å². The number of rotatable bonds is 3. The van der Waals surface area contributed by atoms with Gasteiger partial charge in [0.1, 0.15) is 11.4 Å². The van der Waals surface area contributed by atoms with Gasteiger partial charge in [0, 0.05) is 23.9 Å². The van der Waals surface area contributed by atoms with E-state index in [0.29, 0.717) is 0 Å². The van der Waals surface area contributed by atoms with E-state index in [9.17, 15) is 22.8 Å². The predicted octanol–water partition coefficient (Wildman–Crippen LogP) is 3.07. The fourth-order valence-electron chi connectivity index (χ4n) is 2.07. The van der Waals surface area contributed by atoms with E-state index in [1.165, 1.54) is 12.1 Å². The lowest BCUT2D eigenvalue weighted by atomic mass is 10.1. The third-order valence-corrected chi connectivity index (χ3v) is 3.42. The number of aromatic nitrogens is 1. The highest BCUT2D eigenvalue weighted by atomic mass is 19.4. The maximum absolute atomic E-state index is 13.0. The number of nitrogens with zero attached hydrogens (tertiary/aromatic N) is 1. The van der Waals surface area contributed by atoms with Gasteiger partial charge in [0.15, 0.2) is 0 Å². The molecular weight excluding hydrogens is 313 g/mol. The van der Waals surface area contributed by atoms with Crippen LogP contribution in [0.5, 0.6) is 0 Å². The van der Waals surface area contributed by atoms with Crippen LogP contribution in [-0.2, 0) is 11.0 Å². The first-order valence-corrected chi connectivity index (χ1v) is 6.83. The summed E-state index contributed by atoms with van der Waals surface area (Å²) in [6.07, 6.45) is -1.09. The number of nitrogens with one attached hydrogen (secondary N) is 1. The minimum absolute atomic E-state index is 0.0944. The van der Waals surface area contributed by atoms with Crippen molar-refractivity contribution in [1.29, 1.82) is 0 Å². The highest BCUT2D eigenvalue weighted by Crippen LogP contribution is 2.36. The Balaban J connectivity index is 1.95. The van der Waals surface area contributed by atoms with E-state index in [1.54, 1.807) is 0 Å². The first-order valence-electron chi connectivity index (χ1n) is 6.83. The summed E-state index contributed by atoms with van der Waals surface area (Å²) in [5, 5.41) is 2.41. The summed E-state index contributed by atoms with van der Waals surface area (Å²) >= 11 is 0. The Labute approximate surface area is 128 Å². The third kappa shape index (κ3) is 3.25. The van der Waals surface area contributed by atoms with Crippen LogP contribution in [0.2, 0.25) is 0 Å². The van der Waals surface area contributed by atoms with Gasteiger partial charge in [0.05, 0.1) is 5.56 Å². The molecule has 1 aliphatic rings. The molecule has 8 heteroatoms. The zero-order valence-electron chi connectivity index (χ0n) is 11.7. The molecule has 0 bridgehead atoms. The molecule has 0 unspecified atom stereocenters. The Kier molecular flexibility index (Phi) is 3.67. The van der Waals surface area contributed by atoms with E-state index in [4.69, 9.17) is 4.42 Å². The van der Waals surface area contributed by atoms with Crippen molar-refractivity contribution in [3.05, 3.63) is 46.6 Å². The molecule has 1 fully saturated rings. The minimum Gasteiger partial charge on any atom is -0.421 e. The van der Waals surface area contributed by atoms with Gasteiger partial charge in [-0.15, -0.1) is 0 Å². The second-order valence-corrected chi connectivity index (χ2v) is 5.18. The summed E-state index contributed by atoms with van der Waals surface area (Å²) in [6.45, 7) is 0. The fourth-order valence-corrected chi connectivity index (χ4v) is 2.07. The average molecular weight is 324 g/mol. The summed E-state index contributed by atoms with van der Waals surface area (Å²) in [5.74, 6) is -0.661. The van der Waals surface area contributed by atoms with Crippen molar-refractivity contribution in [2.75, 3.05) is 5.32 Å². The Bertz CT molecular complexity index is 810. The maximum Gasteiger partial charge on any atom is 0.417 e. The van der Waals surface area contributed by atoms with Crippen LogP contribution in [0.25, 0.3) is 11.3 Å². The van der Waals surface area contributed by atoms with Gasteiger partial charge in [-0.05, 0) is 31.0 Å². The third-order valence-electron chi connectivity index (χ3n) is 3.42. The molecule has 0 aromatic carbocycles. The molecule has 1 amide bonds. The largest absolute Gasteiger partial charge is 0.421 e. The summed E-state index contributed by atoms with van der Waals surface area (Å²) in [7, 11) is 0. The van der Waals surface area contributed by atoms with E-state index in [1.807, 2.05) is 0 Å². The molecule has 2 heterocycles. The number of hydrogen-bond donors (Lipinski definition) is 1. The quantitative estimate of drug-likeness (QED) is 0.942. The van der Waals surface area contributed by atoms with Crippen LogP contribution in [0.3, 0.4) is 0 Å². The number of pyridine rings is 1. The zero-order valence-corrected chi connectivity index (χ0v) is 11.7. The van der Waals surface area contributed by atoms with Crippen LogP contribution in [0.15, 0.2) is 39.8 Å². The number of anilines is 1. The summed E-state index contributed by atoms with van der Waals surface area (Å²) in [4.78, 5) is 27.1. The molecule has 0 aliphatic heterocycles. The molecule has 0 atom stereocenters. The van der Waals surface area contributed by atoms with Crippen molar-refractivity contribution >= 4 is 11.6 Å². The lowest BCUT2D eigenvalue weighted by Crippen LogP contribution is -2.19. The number of alkyl halides is 3. The van der Waals surface area contributed by atoms with Crippen LogP contribution < -0.4 is 10.9 Å². The number of halogens is 3. The molecule has 0 spiro atoms. The van der Waals surface area contributed by atoms with Gasteiger partial charge in [-0.25, -0.2) is 4.79 Å². The SMILES string of the molecule is O=C(Nc1ccc(-c2cnccc2C(F)(F)F)oc1=O)C1CC1. The molecule has 2 aromatic heterocycles. The molecule has 1 aliphatic carbocycles. The Morgan fingerprint density at radius 1 is 1.26 bits per heavy atom. The molecule has 5 nitrogen and oxygen atoms in total. The fraction of sp³-hybridized carbons (Fsp3) is 0.267. The standard InChI is InChI=1S/C15H11F3N2O3/c16-15(17,18)10-5-6-19-7-9(10)12-4-3-11(14(22)23-12)20-13(21)8-1-2-8/h3-8H,1-2H2,(H,20,21). The van der Waals surface area contributed by atoms with E-state index in [2.05, 4.69) is 10.3 Å². The van der Waals surface area contributed by atoms with Crippen LogP contribution in [0.1, 0.15) is 18.4 Å². The highest BCUT2D eigenvalue weighted by molar-refractivity contribution is 5.93. The Morgan fingerprint density at radius 2 is 2.00 bits per heavy atom. The van der Waals surface area contributed by atoms with Crippen LogP contribution in [-0.4, -0.2) is 10.9 Å². The Morgan fingerprint density at radius 3 is 2.61 bits per heavy atom. The van der Waals surface area contributed by atoms with Crippen molar-refractivity contribution in [3.63, 3.8) is 0 Å². The van der Waals surface area contributed by atoms with Crippen molar-refractivity contribution in [2.45, 2.75) is 19.0 Å². The second kappa shape index (κ2) is 5.53. The lowest BCUT2D eigenvalue weighted by molar-refractivity contribution is -0.137. The predicted molar refractivity (Wildman–Crippen MR) is 74.6 cm³/mol. The molecular formula is C15H11F3N2O3. The monoisotopic (exact) mass is 324 g/mol. The van der Waals surface area contributed by atoms with Crippen molar-refractivity contribution in [1.82, 2.24) is 4.98 Å². The number of carbonyl (C=O) groups excluding carboxylic acids is 1. The van der Waals surface area contributed by atoms with E-state index < -0.39 is 17.4 Å². The minimum atomic E-state index is -4.60. The van der Waals surface area contributed by atoms with Crippen molar-refractivity contribution < 1.29 is 22.4 Å². The van der Waals surface area contributed by atoms with Gasteiger partial charge >= 0.3 is 11.8 Å². The first kappa shape index (κ1) is 15.3. The van der Waals surface area contributed by atoms with Crippen molar-refractivity contribution in [3.8, 4) is 11.3 Å². The molecule has 1 N–H and O–H groups in total. The average Bonchev–Trinajstić information content (AvgIpc) is 3.33. The normalized spacial score (nSPS) is 14.6. The summed E-state index contributed by atoms with van der Waals surface area (Å²) in [5.41, 5.74) is -2.29. The van der Waals surface area contributed by atoms with E-state index in [-0.39, 0.29) is 28.8 Å². The topological polar surface area (TPSA) is 72.2 Å². The molecule has 0 radical (unpaired) electrons. The lowest BCUT2D eigenvalue weighted by Gasteiger charge is -2.11. The number of amides is 1.